The summed E-state index contributed by atoms with van der Waals surface area (Å²) in [7, 11) is 1.87. The van der Waals surface area contributed by atoms with E-state index in [1.54, 1.807) is 29.2 Å². The average molecular weight is 488 g/mol. The second-order valence-corrected chi connectivity index (χ2v) is 8.42. The summed E-state index contributed by atoms with van der Waals surface area (Å²) in [6.07, 6.45) is 7.45. The molecule has 0 bridgehead atoms. The molecule has 0 fully saturated rings. The van der Waals surface area contributed by atoms with Crippen molar-refractivity contribution < 1.29 is 4.79 Å². The maximum atomic E-state index is 11.6. The molecule has 0 aliphatic heterocycles. The van der Waals surface area contributed by atoms with E-state index >= 15 is 0 Å². The van der Waals surface area contributed by atoms with Gasteiger partial charge in [0.25, 0.3) is 0 Å². The van der Waals surface area contributed by atoms with Crippen molar-refractivity contribution in [3.63, 3.8) is 0 Å². The highest BCUT2D eigenvalue weighted by molar-refractivity contribution is 6.33. The van der Waals surface area contributed by atoms with E-state index in [-0.39, 0.29) is 18.9 Å². The number of pyridine rings is 1. The molecule has 0 aliphatic carbocycles. The molecule has 10 nitrogen and oxygen atoms in total. The highest BCUT2D eigenvalue weighted by atomic mass is 35.5. The number of hydrogen-bond donors (Lipinski definition) is 3. The Bertz CT molecular complexity index is 1540. The molecule has 4 heterocycles. The van der Waals surface area contributed by atoms with Crippen LogP contribution in [0.15, 0.2) is 61.2 Å². The summed E-state index contributed by atoms with van der Waals surface area (Å²) in [4.78, 5) is 30.0. The fourth-order valence-corrected chi connectivity index (χ4v) is 4.16. The number of amides is 1. The van der Waals surface area contributed by atoms with Gasteiger partial charge >= 0.3 is 0 Å². The first kappa shape index (κ1) is 22.4. The van der Waals surface area contributed by atoms with Crippen LogP contribution in [-0.2, 0) is 11.8 Å². The van der Waals surface area contributed by atoms with Crippen LogP contribution in [0.4, 0.5) is 17.5 Å². The Kier molecular flexibility index (Phi) is 5.79. The van der Waals surface area contributed by atoms with Crippen molar-refractivity contribution in [2.75, 3.05) is 17.2 Å². The lowest BCUT2D eigenvalue weighted by molar-refractivity contribution is -0.117. The number of aryl methyl sites for hydroxylation is 1. The fourth-order valence-electron chi connectivity index (χ4n) is 3.92. The molecule has 11 heteroatoms. The third-order valence-electron chi connectivity index (χ3n) is 5.58. The van der Waals surface area contributed by atoms with Gasteiger partial charge in [0, 0.05) is 66.7 Å². The maximum Gasteiger partial charge on any atom is 0.222 e. The number of para-hydroxylation sites is 1. The van der Waals surface area contributed by atoms with Gasteiger partial charge < -0.3 is 21.4 Å². The third kappa shape index (κ3) is 4.51. The Morgan fingerprint density at radius 2 is 2.00 bits per heavy atom. The number of nitrogens with zero attached hydrogens (tertiary/aromatic N) is 6. The highest BCUT2D eigenvalue weighted by Gasteiger charge is 2.19. The zero-order chi connectivity index (χ0) is 24.5. The Labute approximate surface area is 205 Å². The molecule has 0 atom stereocenters. The monoisotopic (exact) mass is 487 g/mol. The van der Waals surface area contributed by atoms with Crippen molar-refractivity contribution in [2.45, 2.75) is 6.42 Å². The van der Waals surface area contributed by atoms with Crippen LogP contribution in [0.2, 0.25) is 5.02 Å². The molecule has 5 rings (SSSR count). The van der Waals surface area contributed by atoms with Gasteiger partial charge in [0.15, 0.2) is 0 Å². The Hall–Kier alpha value is -4.44. The Morgan fingerprint density at radius 3 is 2.74 bits per heavy atom. The molecule has 0 spiro atoms. The van der Waals surface area contributed by atoms with Crippen LogP contribution in [0.5, 0.6) is 0 Å². The summed E-state index contributed by atoms with van der Waals surface area (Å²) in [5.41, 5.74) is 16.2. The van der Waals surface area contributed by atoms with Crippen LogP contribution >= 0.6 is 11.6 Å². The van der Waals surface area contributed by atoms with Crippen LogP contribution < -0.4 is 16.4 Å². The highest BCUT2D eigenvalue weighted by Crippen LogP contribution is 2.35. The van der Waals surface area contributed by atoms with Gasteiger partial charge in [0.05, 0.1) is 22.6 Å². The first-order valence-electron chi connectivity index (χ1n) is 10.8. The predicted octanol–water partition coefficient (Wildman–Crippen LogP) is 3.67. The van der Waals surface area contributed by atoms with Gasteiger partial charge in [-0.15, -0.1) is 0 Å². The van der Waals surface area contributed by atoms with E-state index in [4.69, 9.17) is 23.1 Å². The summed E-state index contributed by atoms with van der Waals surface area (Å²) >= 11 is 6.47. The summed E-state index contributed by atoms with van der Waals surface area (Å²) in [6, 6.07) is 11.1. The molecular weight excluding hydrogens is 466 g/mol. The minimum Gasteiger partial charge on any atom is -0.370 e. The predicted molar refractivity (Wildman–Crippen MR) is 136 cm³/mol. The van der Waals surface area contributed by atoms with E-state index in [2.05, 4.69) is 25.0 Å². The van der Waals surface area contributed by atoms with E-state index < -0.39 is 5.91 Å². The number of nitrogens with two attached hydrogens (primary N) is 2. The molecular formula is C24H22ClN9O. The SMILES string of the molecule is Cn1cc(-c2cnc3[nH]cc(-c4cc(N(CCC(N)=O)c5ccccc5Cl)nc(N)n4)c3c2)cn1. The van der Waals surface area contributed by atoms with E-state index in [0.29, 0.717) is 27.9 Å². The number of primary amides is 1. The molecule has 0 radical (unpaired) electrons. The molecule has 0 saturated carbocycles. The maximum absolute atomic E-state index is 11.6. The zero-order valence-electron chi connectivity index (χ0n) is 18.8. The van der Waals surface area contributed by atoms with E-state index in [0.717, 1.165) is 22.1 Å². The number of H-pyrrole nitrogens is 1. The smallest absolute Gasteiger partial charge is 0.222 e. The average Bonchev–Trinajstić information content (AvgIpc) is 3.45. The van der Waals surface area contributed by atoms with E-state index in [9.17, 15) is 4.79 Å². The first-order chi connectivity index (χ1) is 16.9. The summed E-state index contributed by atoms with van der Waals surface area (Å²) in [5.74, 6) is 0.141. The van der Waals surface area contributed by atoms with Gasteiger partial charge in [-0.2, -0.15) is 10.1 Å². The zero-order valence-corrected chi connectivity index (χ0v) is 19.6. The second kappa shape index (κ2) is 9.07. The van der Waals surface area contributed by atoms with Gasteiger partial charge in [-0.25, -0.2) is 9.97 Å². The molecule has 0 saturated heterocycles. The molecule has 1 aromatic carbocycles. The van der Waals surface area contributed by atoms with E-state index in [1.807, 2.05) is 48.6 Å². The molecule has 4 aromatic heterocycles. The number of aromatic nitrogens is 6. The standard InChI is InChI=1S/C24H22ClN9O/c1-33-13-15(11-30-33)14-8-16-17(12-29-23(16)28-10-14)19-9-22(32-24(27)31-19)34(7-6-21(26)35)20-5-3-2-4-18(20)25/h2-5,8-13H,6-7H2,1H3,(H2,26,35)(H,28,29)(H2,27,31,32). The number of rotatable bonds is 7. The number of hydrogen-bond acceptors (Lipinski definition) is 7. The lowest BCUT2D eigenvalue weighted by atomic mass is 10.1. The number of nitrogens with one attached hydrogen (secondary N) is 1. The number of carbonyl (C=O) groups excluding carboxylic acids is 1. The lowest BCUT2D eigenvalue weighted by Gasteiger charge is -2.25. The number of anilines is 3. The quantitative estimate of drug-likeness (QED) is 0.317. The van der Waals surface area contributed by atoms with Crippen LogP contribution in [0.1, 0.15) is 6.42 Å². The number of benzene rings is 1. The van der Waals surface area contributed by atoms with Gasteiger partial charge in [-0.3, -0.25) is 9.48 Å². The van der Waals surface area contributed by atoms with Gasteiger partial charge in [0.1, 0.15) is 11.5 Å². The van der Waals surface area contributed by atoms with Crippen molar-refractivity contribution in [1.29, 1.82) is 0 Å². The molecule has 176 valence electrons. The largest absolute Gasteiger partial charge is 0.370 e. The van der Waals surface area contributed by atoms with Crippen LogP contribution in [0.25, 0.3) is 33.4 Å². The molecule has 1 amide bonds. The molecule has 5 N–H and O–H groups in total. The minimum absolute atomic E-state index is 0.0827. The third-order valence-corrected chi connectivity index (χ3v) is 5.90. The normalized spacial score (nSPS) is 11.1. The second-order valence-electron chi connectivity index (χ2n) is 8.01. The van der Waals surface area contributed by atoms with Crippen LogP contribution in [0, 0.1) is 0 Å². The molecule has 5 aromatic rings. The lowest BCUT2D eigenvalue weighted by Crippen LogP contribution is -2.25. The van der Waals surface area contributed by atoms with Crippen LogP contribution in [0.3, 0.4) is 0 Å². The number of halogens is 1. The van der Waals surface area contributed by atoms with Gasteiger partial charge in [0.2, 0.25) is 11.9 Å². The molecule has 35 heavy (non-hydrogen) atoms. The van der Waals surface area contributed by atoms with Crippen molar-refractivity contribution in [3.8, 4) is 22.4 Å². The Balaban J connectivity index is 1.61. The topological polar surface area (TPSA) is 145 Å². The number of carbonyl (C=O) groups is 1. The van der Waals surface area contributed by atoms with Crippen molar-refractivity contribution >= 4 is 46.0 Å². The molecule has 0 aliphatic rings. The number of nitrogen functional groups attached to an aromatic ring is 1. The number of aromatic amines is 1. The molecule has 0 unspecified atom stereocenters. The first-order valence-corrected chi connectivity index (χ1v) is 11.2. The van der Waals surface area contributed by atoms with Crippen molar-refractivity contribution in [3.05, 3.63) is 66.2 Å². The van der Waals surface area contributed by atoms with Gasteiger partial charge in [-0.05, 0) is 18.2 Å². The summed E-state index contributed by atoms with van der Waals surface area (Å²) in [5, 5.41) is 5.62. The minimum atomic E-state index is -0.435. The van der Waals surface area contributed by atoms with Gasteiger partial charge in [-0.1, -0.05) is 23.7 Å². The van der Waals surface area contributed by atoms with Crippen LogP contribution in [-0.4, -0.2) is 42.2 Å². The van der Waals surface area contributed by atoms with Crippen molar-refractivity contribution in [1.82, 2.24) is 29.7 Å². The summed E-state index contributed by atoms with van der Waals surface area (Å²) < 4.78 is 1.74. The summed E-state index contributed by atoms with van der Waals surface area (Å²) in [6.45, 7) is 0.273. The number of fused-ring (bicyclic) bond motifs is 1. The Morgan fingerprint density at radius 1 is 1.17 bits per heavy atom. The van der Waals surface area contributed by atoms with Crippen molar-refractivity contribution in [2.24, 2.45) is 12.8 Å². The fraction of sp³-hybridized carbons (Fsp3) is 0.125. The van der Waals surface area contributed by atoms with E-state index in [1.165, 1.54) is 0 Å².